The molecule has 0 bridgehead atoms. The van der Waals surface area contributed by atoms with Crippen LogP contribution in [0.1, 0.15) is 50.7 Å². The van der Waals surface area contributed by atoms with E-state index in [2.05, 4.69) is 30.2 Å². The normalized spacial score (nSPS) is 17.1. The van der Waals surface area contributed by atoms with Crippen molar-refractivity contribution in [1.82, 2.24) is 29.2 Å². The van der Waals surface area contributed by atoms with Crippen molar-refractivity contribution in [2.75, 3.05) is 50.7 Å². The number of piperazine rings is 1. The monoisotopic (exact) mass is 620 g/mol. The maximum absolute atomic E-state index is 13.8. The number of imidazole rings is 1. The maximum atomic E-state index is 13.8. The van der Waals surface area contributed by atoms with E-state index in [1.54, 1.807) is 34.9 Å². The van der Waals surface area contributed by atoms with E-state index in [0.717, 1.165) is 11.4 Å². The van der Waals surface area contributed by atoms with Gasteiger partial charge in [0, 0.05) is 43.7 Å². The van der Waals surface area contributed by atoms with Crippen molar-refractivity contribution in [2.45, 2.75) is 59.2 Å². The maximum Gasteiger partial charge on any atom is 0.410 e. The predicted molar refractivity (Wildman–Crippen MR) is 168 cm³/mol. The molecule has 3 aromatic heterocycles. The van der Waals surface area contributed by atoms with E-state index in [4.69, 9.17) is 18.9 Å². The van der Waals surface area contributed by atoms with Crippen LogP contribution in [0.25, 0.3) is 16.6 Å². The second-order valence-electron chi connectivity index (χ2n) is 12.1. The molecule has 0 aliphatic carbocycles. The highest BCUT2D eigenvalue weighted by Crippen LogP contribution is 2.33. The summed E-state index contributed by atoms with van der Waals surface area (Å²) in [7, 11) is 3.08. The minimum Gasteiger partial charge on any atom is -0.478 e. The lowest BCUT2D eigenvalue weighted by atomic mass is 10.0. The fourth-order valence-corrected chi connectivity index (χ4v) is 5.50. The number of hydrogen-bond acceptors (Lipinski definition) is 11. The summed E-state index contributed by atoms with van der Waals surface area (Å²) in [6.45, 7) is 13.1. The summed E-state index contributed by atoms with van der Waals surface area (Å²) in [6, 6.07) is 3.46. The zero-order chi connectivity index (χ0) is 32.5. The number of amides is 2. The summed E-state index contributed by atoms with van der Waals surface area (Å²) in [6.07, 6.45) is 4.82. The summed E-state index contributed by atoms with van der Waals surface area (Å²) < 4.78 is 23.6. The molecule has 14 heteroatoms. The Bertz CT molecular complexity index is 1710. The smallest absolute Gasteiger partial charge is 0.410 e. The van der Waals surface area contributed by atoms with Gasteiger partial charge in [-0.05, 0) is 53.7 Å². The molecule has 45 heavy (non-hydrogen) atoms. The molecule has 2 atom stereocenters. The molecule has 1 aliphatic rings. The highest BCUT2D eigenvalue weighted by atomic mass is 16.6. The standard InChI is InChI=1S/C31H40N8O6/c1-18-14-38-17-24(35-28(43-8)26(38)33-18)34-27(40)21-9-10-23(22-13-32-29(36-25(21)22)44-12-11-42-7)37-15-19(2)39(20(3)16-37)30(41)45-31(4,5)6/h9-10,13-14,17,19-20H,11-12,15-16H2,1-8H3,(H,34,40)/t19-,20-/m0/s1. The number of hydrogen-bond donors (Lipinski definition) is 1. The van der Waals surface area contributed by atoms with Crippen LogP contribution in [0, 0.1) is 6.92 Å². The highest BCUT2D eigenvalue weighted by Gasteiger charge is 2.36. The van der Waals surface area contributed by atoms with E-state index in [1.165, 1.54) is 7.11 Å². The second-order valence-corrected chi connectivity index (χ2v) is 12.1. The minimum atomic E-state index is -0.593. The zero-order valence-electron chi connectivity index (χ0n) is 26.9. The average Bonchev–Trinajstić information content (AvgIpc) is 3.34. The molecule has 1 saturated heterocycles. The highest BCUT2D eigenvalue weighted by molar-refractivity contribution is 6.13. The first-order valence-electron chi connectivity index (χ1n) is 14.8. The van der Waals surface area contributed by atoms with Gasteiger partial charge in [0.15, 0.2) is 5.82 Å². The van der Waals surface area contributed by atoms with Crippen LogP contribution in [-0.2, 0) is 9.47 Å². The topological polar surface area (TPSA) is 146 Å². The molecular weight excluding hydrogens is 580 g/mol. The van der Waals surface area contributed by atoms with Crippen LogP contribution in [0.5, 0.6) is 11.9 Å². The number of nitrogens with zero attached hydrogens (tertiary/aromatic N) is 7. The summed E-state index contributed by atoms with van der Waals surface area (Å²) >= 11 is 0. The number of fused-ring (bicyclic) bond motifs is 2. The van der Waals surface area contributed by atoms with Crippen LogP contribution < -0.4 is 19.7 Å². The molecule has 1 fully saturated rings. The molecule has 5 rings (SSSR count). The van der Waals surface area contributed by atoms with Gasteiger partial charge in [0.25, 0.3) is 11.8 Å². The molecule has 0 unspecified atom stereocenters. The Morgan fingerprint density at radius 2 is 1.76 bits per heavy atom. The number of aromatic nitrogens is 5. The summed E-state index contributed by atoms with van der Waals surface area (Å²) in [5.41, 5.74) is 2.29. The second kappa shape index (κ2) is 12.7. The first-order chi connectivity index (χ1) is 21.4. The fraction of sp³-hybridized carbons (Fsp3) is 0.484. The van der Waals surface area contributed by atoms with E-state index in [0.29, 0.717) is 41.8 Å². The Balaban J connectivity index is 1.49. The fourth-order valence-electron chi connectivity index (χ4n) is 5.50. The number of methoxy groups -OCH3 is 2. The lowest BCUT2D eigenvalue weighted by Crippen LogP contribution is -2.59. The lowest BCUT2D eigenvalue weighted by molar-refractivity contribution is 0.00566. The van der Waals surface area contributed by atoms with E-state index >= 15 is 0 Å². The molecule has 0 spiro atoms. The van der Waals surface area contributed by atoms with Crippen LogP contribution in [0.4, 0.5) is 16.3 Å². The van der Waals surface area contributed by atoms with Gasteiger partial charge in [-0.3, -0.25) is 14.1 Å². The molecule has 4 aromatic rings. The van der Waals surface area contributed by atoms with Crippen LogP contribution in [-0.4, -0.2) is 99.4 Å². The van der Waals surface area contributed by atoms with Crippen LogP contribution in [0.2, 0.25) is 0 Å². The number of rotatable bonds is 8. The Kier molecular flexibility index (Phi) is 8.96. The van der Waals surface area contributed by atoms with E-state index < -0.39 is 11.5 Å². The Hall–Kier alpha value is -4.72. The van der Waals surface area contributed by atoms with Crippen LogP contribution >= 0.6 is 0 Å². The van der Waals surface area contributed by atoms with Crippen LogP contribution in [0.15, 0.2) is 30.7 Å². The Morgan fingerprint density at radius 3 is 2.42 bits per heavy atom. The predicted octanol–water partition coefficient (Wildman–Crippen LogP) is 4.10. The number of anilines is 2. The van der Waals surface area contributed by atoms with Crippen molar-refractivity contribution in [3.63, 3.8) is 0 Å². The van der Waals surface area contributed by atoms with Crippen molar-refractivity contribution in [2.24, 2.45) is 0 Å². The quantitative estimate of drug-likeness (QED) is 0.284. The van der Waals surface area contributed by atoms with Crippen molar-refractivity contribution in [1.29, 1.82) is 0 Å². The number of aryl methyl sites for hydroxylation is 1. The molecule has 1 aliphatic heterocycles. The average molecular weight is 621 g/mol. The largest absolute Gasteiger partial charge is 0.478 e. The Morgan fingerprint density at radius 1 is 1.02 bits per heavy atom. The lowest BCUT2D eigenvalue weighted by Gasteiger charge is -2.45. The van der Waals surface area contributed by atoms with Crippen LogP contribution in [0.3, 0.4) is 0 Å². The molecule has 2 amide bonds. The first kappa shape index (κ1) is 31.7. The number of carbonyl (C=O) groups is 2. The molecular formula is C31H40N8O6. The van der Waals surface area contributed by atoms with Crippen molar-refractivity contribution >= 4 is 40.1 Å². The van der Waals surface area contributed by atoms with Gasteiger partial charge >= 0.3 is 12.1 Å². The van der Waals surface area contributed by atoms with Gasteiger partial charge in [-0.1, -0.05) is 0 Å². The third-order valence-corrected chi connectivity index (χ3v) is 7.30. The third kappa shape index (κ3) is 6.85. The number of carbonyl (C=O) groups excluding carboxylic acids is 2. The van der Waals surface area contributed by atoms with Gasteiger partial charge in [0.05, 0.1) is 48.8 Å². The van der Waals surface area contributed by atoms with Gasteiger partial charge in [0.2, 0.25) is 5.65 Å². The third-order valence-electron chi connectivity index (χ3n) is 7.30. The van der Waals surface area contributed by atoms with E-state index in [-0.39, 0.29) is 42.5 Å². The van der Waals surface area contributed by atoms with Gasteiger partial charge in [-0.15, -0.1) is 0 Å². The molecule has 1 N–H and O–H groups in total. The van der Waals surface area contributed by atoms with Gasteiger partial charge in [0.1, 0.15) is 12.2 Å². The van der Waals surface area contributed by atoms with Gasteiger partial charge in [-0.25, -0.2) is 14.8 Å². The number of benzene rings is 1. The van der Waals surface area contributed by atoms with Crippen molar-refractivity contribution in [3.8, 4) is 11.9 Å². The molecule has 0 radical (unpaired) electrons. The van der Waals surface area contributed by atoms with Crippen molar-refractivity contribution < 1.29 is 28.5 Å². The molecule has 240 valence electrons. The molecule has 1 aromatic carbocycles. The van der Waals surface area contributed by atoms with Crippen molar-refractivity contribution in [3.05, 3.63) is 42.0 Å². The number of ether oxygens (including phenoxy) is 4. The molecule has 4 heterocycles. The van der Waals surface area contributed by atoms with E-state index in [9.17, 15) is 9.59 Å². The zero-order valence-corrected chi connectivity index (χ0v) is 26.9. The molecule has 14 nitrogen and oxygen atoms in total. The van der Waals surface area contributed by atoms with Gasteiger partial charge in [-0.2, -0.15) is 9.97 Å². The molecule has 0 saturated carbocycles. The minimum absolute atomic E-state index is 0.123. The summed E-state index contributed by atoms with van der Waals surface area (Å²) in [5, 5.41) is 3.54. The summed E-state index contributed by atoms with van der Waals surface area (Å²) in [5.74, 6) is 0.145. The SMILES string of the molecule is COCCOc1ncc2c(N3C[C@H](C)N(C(=O)OC(C)(C)C)[C@@H](C)C3)ccc(C(=O)Nc3cn4cc(C)nc4c(OC)n3)c2n1. The van der Waals surface area contributed by atoms with E-state index in [1.807, 2.05) is 53.8 Å². The van der Waals surface area contributed by atoms with Gasteiger partial charge < -0.3 is 29.2 Å². The summed E-state index contributed by atoms with van der Waals surface area (Å²) in [4.78, 5) is 48.7. The number of nitrogens with one attached hydrogen (secondary N) is 1. The Labute approximate surface area is 261 Å². The first-order valence-corrected chi connectivity index (χ1v) is 14.8.